The van der Waals surface area contributed by atoms with Crippen molar-refractivity contribution in [3.8, 4) is 0 Å². The monoisotopic (exact) mass is 240 g/mol. The van der Waals surface area contributed by atoms with E-state index in [0.717, 1.165) is 19.3 Å². The highest BCUT2D eigenvalue weighted by molar-refractivity contribution is 5.42. The minimum absolute atomic E-state index is 0.116. The standard InChI is InChI=1S/C17H17F/c1-2-12-9-15-11-16(18)8-7-13(15)10-14-5-3-4-6-17(12)14/h3-8,11-12H,2,9-10H2,1H3/t12-/m0/s1. The number of benzene rings is 2. The third-order valence-electron chi connectivity index (χ3n) is 4.00. The maximum atomic E-state index is 13.4. The first-order valence-electron chi connectivity index (χ1n) is 6.63. The molecule has 0 heterocycles. The third kappa shape index (κ3) is 1.94. The van der Waals surface area contributed by atoms with Gasteiger partial charge >= 0.3 is 0 Å². The Morgan fingerprint density at radius 2 is 1.89 bits per heavy atom. The van der Waals surface area contributed by atoms with E-state index in [1.807, 2.05) is 6.07 Å². The lowest BCUT2D eigenvalue weighted by molar-refractivity contribution is 0.617. The van der Waals surface area contributed by atoms with Crippen LogP contribution in [-0.4, -0.2) is 0 Å². The van der Waals surface area contributed by atoms with E-state index < -0.39 is 0 Å². The average molecular weight is 240 g/mol. The number of fused-ring (bicyclic) bond motifs is 2. The summed E-state index contributed by atoms with van der Waals surface area (Å²) in [5, 5.41) is 0. The molecule has 1 atom stereocenters. The minimum atomic E-state index is -0.116. The second kappa shape index (κ2) is 4.56. The third-order valence-corrected chi connectivity index (χ3v) is 4.00. The van der Waals surface area contributed by atoms with Crippen LogP contribution in [0.25, 0.3) is 0 Å². The fourth-order valence-corrected chi connectivity index (χ4v) is 3.00. The molecule has 18 heavy (non-hydrogen) atoms. The average Bonchev–Trinajstić information content (AvgIpc) is 2.54. The van der Waals surface area contributed by atoms with Gasteiger partial charge in [-0.05, 0) is 59.6 Å². The van der Waals surface area contributed by atoms with E-state index in [1.165, 1.54) is 22.3 Å². The molecule has 0 unspecified atom stereocenters. The molecular formula is C17H17F. The molecule has 0 saturated heterocycles. The van der Waals surface area contributed by atoms with Gasteiger partial charge in [-0.1, -0.05) is 37.3 Å². The maximum Gasteiger partial charge on any atom is 0.123 e. The molecule has 2 aromatic carbocycles. The predicted octanol–water partition coefficient (Wildman–Crippen LogP) is 4.47. The number of hydrogen-bond acceptors (Lipinski definition) is 0. The topological polar surface area (TPSA) is 0 Å². The fraction of sp³-hybridized carbons (Fsp3) is 0.294. The SMILES string of the molecule is CC[C@H]1Cc2cc(F)ccc2Cc2ccccc21. The smallest absolute Gasteiger partial charge is 0.123 e. The summed E-state index contributed by atoms with van der Waals surface area (Å²) in [5.74, 6) is 0.402. The van der Waals surface area contributed by atoms with Crippen LogP contribution in [0.2, 0.25) is 0 Å². The van der Waals surface area contributed by atoms with Gasteiger partial charge in [0, 0.05) is 0 Å². The molecule has 0 spiro atoms. The Kier molecular flexibility index (Phi) is 2.91. The zero-order chi connectivity index (χ0) is 12.5. The van der Waals surface area contributed by atoms with Gasteiger partial charge in [-0.15, -0.1) is 0 Å². The van der Waals surface area contributed by atoms with Crippen molar-refractivity contribution < 1.29 is 4.39 Å². The van der Waals surface area contributed by atoms with Crippen molar-refractivity contribution in [2.45, 2.75) is 32.1 Å². The summed E-state index contributed by atoms with van der Waals surface area (Å²) in [6, 6.07) is 13.9. The zero-order valence-electron chi connectivity index (χ0n) is 10.6. The molecule has 92 valence electrons. The molecule has 0 N–H and O–H groups in total. The summed E-state index contributed by atoms with van der Waals surface area (Å²) < 4.78 is 13.4. The summed E-state index contributed by atoms with van der Waals surface area (Å²) in [6.45, 7) is 2.21. The van der Waals surface area contributed by atoms with Crippen LogP contribution >= 0.6 is 0 Å². The molecule has 1 heteroatoms. The number of halogens is 1. The largest absolute Gasteiger partial charge is 0.207 e. The first-order valence-corrected chi connectivity index (χ1v) is 6.63. The van der Waals surface area contributed by atoms with Crippen LogP contribution in [0.15, 0.2) is 42.5 Å². The molecule has 0 radical (unpaired) electrons. The minimum Gasteiger partial charge on any atom is -0.207 e. The van der Waals surface area contributed by atoms with E-state index in [4.69, 9.17) is 0 Å². The predicted molar refractivity (Wildman–Crippen MR) is 72.4 cm³/mol. The first kappa shape index (κ1) is 11.5. The molecule has 1 aliphatic carbocycles. The van der Waals surface area contributed by atoms with Gasteiger partial charge in [0.1, 0.15) is 5.82 Å². The summed E-state index contributed by atoms with van der Waals surface area (Å²) in [4.78, 5) is 0. The molecule has 3 rings (SSSR count). The molecule has 0 aliphatic heterocycles. The fourth-order valence-electron chi connectivity index (χ4n) is 3.00. The summed E-state index contributed by atoms with van der Waals surface area (Å²) in [7, 11) is 0. The molecular weight excluding hydrogens is 223 g/mol. The van der Waals surface area contributed by atoms with Gasteiger partial charge in [0.15, 0.2) is 0 Å². The maximum absolute atomic E-state index is 13.4. The van der Waals surface area contributed by atoms with Gasteiger partial charge in [0.05, 0.1) is 0 Å². The highest BCUT2D eigenvalue weighted by Crippen LogP contribution is 2.33. The van der Waals surface area contributed by atoms with Crippen molar-refractivity contribution in [1.29, 1.82) is 0 Å². The Morgan fingerprint density at radius 3 is 2.72 bits per heavy atom. The van der Waals surface area contributed by atoms with Crippen LogP contribution in [0.1, 0.15) is 41.5 Å². The van der Waals surface area contributed by atoms with Crippen molar-refractivity contribution in [2.24, 2.45) is 0 Å². The second-order valence-corrected chi connectivity index (χ2v) is 5.10. The lowest BCUT2D eigenvalue weighted by Gasteiger charge is -2.15. The lowest BCUT2D eigenvalue weighted by Crippen LogP contribution is -2.02. The Hall–Kier alpha value is -1.63. The van der Waals surface area contributed by atoms with Gasteiger partial charge in [-0.25, -0.2) is 4.39 Å². The Balaban J connectivity index is 2.13. The summed E-state index contributed by atoms with van der Waals surface area (Å²) in [6.07, 6.45) is 3.00. The number of rotatable bonds is 1. The van der Waals surface area contributed by atoms with Gasteiger partial charge in [0.2, 0.25) is 0 Å². The Bertz CT molecular complexity index is 572. The van der Waals surface area contributed by atoms with Gasteiger partial charge in [-0.3, -0.25) is 0 Å². The highest BCUT2D eigenvalue weighted by Gasteiger charge is 2.20. The highest BCUT2D eigenvalue weighted by atomic mass is 19.1. The van der Waals surface area contributed by atoms with Gasteiger partial charge in [-0.2, -0.15) is 0 Å². The van der Waals surface area contributed by atoms with Crippen LogP contribution in [-0.2, 0) is 12.8 Å². The second-order valence-electron chi connectivity index (χ2n) is 5.10. The van der Waals surface area contributed by atoms with Crippen molar-refractivity contribution in [3.05, 3.63) is 70.5 Å². The summed E-state index contributed by atoms with van der Waals surface area (Å²) in [5.41, 5.74) is 5.30. The lowest BCUT2D eigenvalue weighted by atomic mass is 9.89. The molecule has 0 bridgehead atoms. The van der Waals surface area contributed by atoms with Crippen LogP contribution in [0, 0.1) is 5.82 Å². The molecule has 0 nitrogen and oxygen atoms in total. The first-order chi connectivity index (χ1) is 8.78. The Labute approximate surface area is 107 Å². The van der Waals surface area contributed by atoms with E-state index in [-0.39, 0.29) is 5.82 Å². The van der Waals surface area contributed by atoms with Crippen LogP contribution in [0.4, 0.5) is 4.39 Å². The van der Waals surface area contributed by atoms with Crippen LogP contribution < -0.4 is 0 Å². The molecule has 2 aromatic rings. The summed E-state index contributed by atoms with van der Waals surface area (Å²) >= 11 is 0. The van der Waals surface area contributed by atoms with E-state index in [2.05, 4.69) is 31.2 Å². The van der Waals surface area contributed by atoms with Gasteiger partial charge < -0.3 is 0 Å². The van der Waals surface area contributed by atoms with E-state index >= 15 is 0 Å². The quantitative estimate of drug-likeness (QED) is 0.690. The molecule has 0 fully saturated rings. The molecule has 0 aromatic heterocycles. The molecule has 0 amide bonds. The van der Waals surface area contributed by atoms with Gasteiger partial charge in [0.25, 0.3) is 0 Å². The van der Waals surface area contributed by atoms with Crippen molar-refractivity contribution in [1.82, 2.24) is 0 Å². The van der Waals surface area contributed by atoms with Crippen molar-refractivity contribution in [3.63, 3.8) is 0 Å². The Morgan fingerprint density at radius 1 is 1.06 bits per heavy atom. The molecule has 0 saturated carbocycles. The van der Waals surface area contributed by atoms with E-state index in [9.17, 15) is 4.39 Å². The van der Waals surface area contributed by atoms with Crippen molar-refractivity contribution >= 4 is 0 Å². The normalized spacial score (nSPS) is 17.8. The van der Waals surface area contributed by atoms with Crippen molar-refractivity contribution in [2.75, 3.05) is 0 Å². The molecule has 1 aliphatic rings. The van der Waals surface area contributed by atoms with Crippen LogP contribution in [0.5, 0.6) is 0 Å². The number of hydrogen-bond donors (Lipinski definition) is 0. The van der Waals surface area contributed by atoms with Crippen LogP contribution in [0.3, 0.4) is 0 Å². The zero-order valence-corrected chi connectivity index (χ0v) is 10.6. The van der Waals surface area contributed by atoms with E-state index in [1.54, 1.807) is 12.1 Å². The van der Waals surface area contributed by atoms with E-state index in [0.29, 0.717) is 5.92 Å².